The van der Waals surface area contributed by atoms with Crippen LogP contribution < -0.4 is 4.74 Å². The Bertz CT molecular complexity index is 3290. The fourth-order valence-corrected chi connectivity index (χ4v) is 9.96. The van der Waals surface area contributed by atoms with Crippen molar-refractivity contribution >= 4 is 69.6 Å². The number of nitrogens with zero attached hydrogens (tertiary/aromatic N) is 4. The monoisotopic (exact) mass is 874 g/mol. The van der Waals surface area contributed by atoms with E-state index in [0.29, 0.717) is 23.4 Å². The van der Waals surface area contributed by atoms with Crippen LogP contribution in [0.3, 0.4) is 0 Å². The average Bonchev–Trinajstić information content (AvgIpc) is 4.11. The Morgan fingerprint density at radius 3 is 1.31 bits per heavy atom. The Balaban J connectivity index is 1.33. The van der Waals surface area contributed by atoms with Crippen LogP contribution in [0.2, 0.25) is 10.3 Å². The van der Waals surface area contributed by atoms with Crippen LogP contribution in [0.15, 0.2) is 109 Å². The molecule has 0 saturated heterocycles. The lowest BCUT2D eigenvalue weighted by molar-refractivity contribution is 0.306. The highest BCUT2D eigenvalue weighted by Gasteiger charge is 2.23. The van der Waals surface area contributed by atoms with Crippen LogP contribution in [0, 0.1) is 41.5 Å². The molecule has 64 heavy (non-hydrogen) atoms. The van der Waals surface area contributed by atoms with Crippen LogP contribution in [0.5, 0.6) is 5.75 Å². The minimum atomic E-state index is 0.226. The first-order valence-corrected chi connectivity index (χ1v) is 22.0. The van der Waals surface area contributed by atoms with Gasteiger partial charge in [-0.3, -0.25) is 0 Å². The van der Waals surface area contributed by atoms with Gasteiger partial charge in [0, 0.05) is 44.3 Å². The molecule has 2 aliphatic heterocycles. The van der Waals surface area contributed by atoms with E-state index in [1.807, 2.05) is 42.5 Å². The first-order valence-electron chi connectivity index (χ1n) is 21.3. The van der Waals surface area contributed by atoms with Gasteiger partial charge < -0.3 is 14.7 Å². The maximum absolute atomic E-state index is 6.93. The van der Waals surface area contributed by atoms with Crippen LogP contribution in [0.25, 0.3) is 90.9 Å². The topological polar surface area (TPSA) is 92.4 Å². The van der Waals surface area contributed by atoms with Gasteiger partial charge in [-0.05, 0) is 147 Å². The number of aromatic amines is 2. The molecular weight excluding hydrogens is 832 g/mol. The van der Waals surface area contributed by atoms with Gasteiger partial charge in [-0.15, -0.1) is 0 Å². The van der Waals surface area contributed by atoms with Crippen molar-refractivity contribution in [2.24, 2.45) is 0 Å². The smallest absolute Gasteiger partial charge is 0.141 e. The highest BCUT2D eigenvalue weighted by molar-refractivity contribution is 6.38. The largest absolute Gasteiger partial charge is 0.489 e. The molecule has 4 aromatic carbocycles. The van der Waals surface area contributed by atoms with Gasteiger partial charge in [-0.25, -0.2) is 19.9 Å². The van der Waals surface area contributed by atoms with Gasteiger partial charge in [-0.2, -0.15) is 0 Å². The molecule has 10 rings (SSSR count). The minimum Gasteiger partial charge on any atom is -0.489 e. The van der Waals surface area contributed by atoms with E-state index in [1.54, 1.807) is 0 Å². The number of aromatic nitrogens is 6. The summed E-state index contributed by atoms with van der Waals surface area (Å²) < 4.78 is 6.24. The number of H-pyrrole nitrogens is 2. The number of hydrogen-bond acceptors (Lipinski definition) is 5. The van der Waals surface area contributed by atoms with Crippen LogP contribution in [0.4, 0.5) is 0 Å². The third-order valence-electron chi connectivity index (χ3n) is 12.0. The molecule has 4 aromatic heterocycles. The van der Waals surface area contributed by atoms with E-state index in [9.17, 15) is 0 Å². The van der Waals surface area contributed by atoms with Crippen molar-refractivity contribution in [3.05, 3.63) is 181 Å². The van der Waals surface area contributed by atoms with Crippen LogP contribution in [-0.4, -0.2) is 29.9 Å². The lowest BCUT2D eigenvalue weighted by Crippen LogP contribution is -1.96. The standard InChI is InChI=1S/C55H44Cl2N6O/c1-30-24-32(3)47(33(4)25-30)50-41-18-16-39(60-41)49(37-12-14-38(15-13-37)64-28-36-10-8-7-9-11-36)40-17-19-42(61-40)51(48-34(5)26-31(2)27-35(48)6)44-21-23-46(63-44)52(45-22-20-43(50)62-45)53-54(56)58-29-59-55(53)57/h7-27,29,60,63H,28H2,1-6H3. The van der Waals surface area contributed by atoms with E-state index >= 15 is 0 Å². The van der Waals surface area contributed by atoms with Gasteiger partial charge in [0.25, 0.3) is 0 Å². The van der Waals surface area contributed by atoms with Gasteiger partial charge in [0.05, 0.1) is 28.3 Å². The lowest BCUT2D eigenvalue weighted by Gasteiger charge is -2.13. The van der Waals surface area contributed by atoms with Crippen molar-refractivity contribution in [3.63, 3.8) is 0 Å². The molecule has 0 unspecified atom stereocenters. The molecule has 0 saturated carbocycles. The fraction of sp³-hybridized carbons (Fsp3) is 0.127. The summed E-state index contributed by atoms with van der Waals surface area (Å²) in [6.07, 6.45) is 9.70. The summed E-state index contributed by atoms with van der Waals surface area (Å²) in [6.45, 7) is 13.4. The quantitative estimate of drug-likeness (QED) is 0.156. The summed E-state index contributed by atoms with van der Waals surface area (Å²) in [7, 11) is 0. The third kappa shape index (κ3) is 7.51. The molecule has 0 atom stereocenters. The Labute approximate surface area is 382 Å². The molecule has 0 amide bonds. The Morgan fingerprint density at radius 2 is 0.859 bits per heavy atom. The molecular formula is C55H44Cl2N6O. The summed E-state index contributed by atoms with van der Waals surface area (Å²) in [5.41, 5.74) is 21.9. The highest BCUT2D eigenvalue weighted by Crippen LogP contribution is 2.43. The molecule has 0 aliphatic carbocycles. The zero-order valence-electron chi connectivity index (χ0n) is 36.4. The van der Waals surface area contributed by atoms with Gasteiger partial charge in [0.2, 0.25) is 0 Å². The van der Waals surface area contributed by atoms with E-state index < -0.39 is 0 Å². The molecule has 0 spiro atoms. The summed E-state index contributed by atoms with van der Waals surface area (Å²) in [5.74, 6) is 0.785. The number of aryl methyl sites for hydroxylation is 6. The summed E-state index contributed by atoms with van der Waals surface area (Å²) in [4.78, 5) is 27.4. The van der Waals surface area contributed by atoms with Crippen molar-refractivity contribution in [1.29, 1.82) is 0 Å². The van der Waals surface area contributed by atoms with Crippen LogP contribution >= 0.6 is 23.2 Å². The second-order valence-corrected chi connectivity index (χ2v) is 17.4. The van der Waals surface area contributed by atoms with Crippen LogP contribution in [-0.2, 0) is 6.61 Å². The number of fused-ring (bicyclic) bond motifs is 8. The number of hydrogen-bond donors (Lipinski definition) is 2. The Morgan fingerprint density at radius 1 is 0.453 bits per heavy atom. The molecule has 8 bridgehead atoms. The first kappa shape index (κ1) is 41.0. The average molecular weight is 876 g/mol. The highest BCUT2D eigenvalue weighted by atomic mass is 35.5. The molecule has 2 N–H and O–H groups in total. The second kappa shape index (κ2) is 16.6. The number of halogens is 2. The zero-order chi connectivity index (χ0) is 44.2. The van der Waals surface area contributed by atoms with E-state index in [0.717, 1.165) is 106 Å². The molecule has 314 valence electrons. The maximum atomic E-state index is 6.93. The molecule has 2 aliphatic rings. The number of nitrogens with one attached hydrogen (secondary N) is 2. The Kier molecular flexibility index (Phi) is 10.6. The maximum Gasteiger partial charge on any atom is 0.141 e. The fourth-order valence-electron chi connectivity index (χ4n) is 9.46. The summed E-state index contributed by atoms with van der Waals surface area (Å²) in [6, 6.07) is 35.8. The van der Waals surface area contributed by atoms with Gasteiger partial charge in [-0.1, -0.05) is 101 Å². The first-order chi connectivity index (χ1) is 31.0. The molecule has 0 fully saturated rings. The van der Waals surface area contributed by atoms with Crippen molar-refractivity contribution in [3.8, 4) is 50.3 Å². The molecule has 7 nitrogen and oxygen atoms in total. The van der Waals surface area contributed by atoms with Gasteiger partial charge in [0.1, 0.15) is 29.0 Å². The summed E-state index contributed by atoms with van der Waals surface area (Å²) >= 11 is 13.9. The van der Waals surface area contributed by atoms with E-state index in [-0.39, 0.29) is 10.3 Å². The van der Waals surface area contributed by atoms with Crippen molar-refractivity contribution < 1.29 is 4.74 Å². The van der Waals surface area contributed by atoms with Gasteiger partial charge in [0.15, 0.2) is 0 Å². The van der Waals surface area contributed by atoms with E-state index in [2.05, 4.69) is 146 Å². The van der Waals surface area contributed by atoms with Crippen molar-refractivity contribution in [2.75, 3.05) is 0 Å². The van der Waals surface area contributed by atoms with E-state index in [1.165, 1.54) is 17.5 Å². The normalized spacial score (nSPS) is 12.0. The van der Waals surface area contributed by atoms with E-state index in [4.69, 9.17) is 37.9 Å². The number of rotatable bonds is 7. The third-order valence-corrected chi connectivity index (χ3v) is 12.6. The number of benzene rings is 4. The zero-order valence-corrected chi connectivity index (χ0v) is 37.9. The predicted molar refractivity (Wildman–Crippen MR) is 265 cm³/mol. The molecule has 6 heterocycles. The molecule has 0 radical (unpaired) electrons. The van der Waals surface area contributed by atoms with Crippen molar-refractivity contribution in [2.45, 2.75) is 48.1 Å². The SMILES string of the molecule is Cc1cc(C)c(-c2c3nc(c(-c4c(Cl)ncnc4Cl)c4ccc([nH]4)c(-c4c(C)cc(C)cc4C)c4nc(c(-c5ccc(OCc6ccccc6)cc5)c5ccc2[nH]5)C=C4)C=C3)c(C)c1. The van der Waals surface area contributed by atoms with Crippen LogP contribution in [0.1, 0.15) is 61.7 Å². The molecule has 9 heteroatoms. The predicted octanol–water partition coefficient (Wildman–Crippen LogP) is 14.8. The molecule has 8 aromatic rings. The second-order valence-electron chi connectivity index (χ2n) is 16.7. The minimum absolute atomic E-state index is 0.226. The Hall–Kier alpha value is -7.06. The van der Waals surface area contributed by atoms with Crippen molar-refractivity contribution in [1.82, 2.24) is 29.9 Å². The summed E-state index contributed by atoms with van der Waals surface area (Å²) in [5, 5.41) is 0.452. The number of ether oxygens (including phenoxy) is 1. The van der Waals surface area contributed by atoms with Gasteiger partial charge >= 0.3 is 0 Å². The lowest BCUT2D eigenvalue weighted by atomic mass is 9.92.